The number of carbonyl (C=O) groups is 3. The standard InChI is InChI=1S/C26H32N2O5/c1-4-16(3)23(24(29)27-14-17(5-2)25(30)31)28-26(32)33-15-22-20-12-8-6-10-18(20)19-11-7-9-13-21(19)22/h6-13,16-17,22-23H,4-5,14-15H2,1-3H3,(H,27,29)(H,28,32)(H,30,31)/t16?,17?,23-/m0/s1. The van der Waals surface area contributed by atoms with Gasteiger partial charge in [-0.25, -0.2) is 4.79 Å². The van der Waals surface area contributed by atoms with E-state index in [0.29, 0.717) is 12.8 Å². The fourth-order valence-electron chi connectivity index (χ4n) is 4.21. The lowest BCUT2D eigenvalue weighted by Crippen LogP contribution is -2.51. The van der Waals surface area contributed by atoms with Gasteiger partial charge < -0.3 is 20.5 Å². The highest BCUT2D eigenvalue weighted by atomic mass is 16.5. The lowest BCUT2D eigenvalue weighted by molar-refractivity contribution is -0.141. The van der Waals surface area contributed by atoms with Gasteiger partial charge in [0.15, 0.2) is 0 Å². The van der Waals surface area contributed by atoms with Crippen molar-refractivity contribution in [1.29, 1.82) is 0 Å². The van der Waals surface area contributed by atoms with Crippen LogP contribution in [0.3, 0.4) is 0 Å². The average Bonchev–Trinajstić information content (AvgIpc) is 3.14. The largest absolute Gasteiger partial charge is 0.481 e. The topological polar surface area (TPSA) is 105 Å². The fraction of sp³-hybridized carbons (Fsp3) is 0.423. The predicted octanol–water partition coefficient (Wildman–Crippen LogP) is 4.17. The molecule has 7 nitrogen and oxygen atoms in total. The van der Waals surface area contributed by atoms with E-state index < -0.39 is 29.9 Å². The predicted molar refractivity (Wildman–Crippen MR) is 126 cm³/mol. The monoisotopic (exact) mass is 452 g/mol. The molecular weight excluding hydrogens is 420 g/mol. The molecule has 176 valence electrons. The molecule has 0 bridgehead atoms. The zero-order valence-corrected chi connectivity index (χ0v) is 19.3. The van der Waals surface area contributed by atoms with Crippen LogP contribution in [0, 0.1) is 11.8 Å². The van der Waals surface area contributed by atoms with Crippen LogP contribution in [0.5, 0.6) is 0 Å². The van der Waals surface area contributed by atoms with Crippen molar-refractivity contribution < 1.29 is 24.2 Å². The van der Waals surface area contributed by atoms with E-state index in [0.717, 1.165) is 22.3 Å². The van der Waals surface area contributed by atoms with Crippen molar-refractivity contribution >= 4 is 18.0 Å². The van der Waals surface area contributed by atoms with E-state index in [1.54, 1.807) is 6.92 Å². The van der Waals surface area contributed by atoms with E-state index in [1.807, 2.05) is 50.2 Å². The van der Waals surface area contributed by atoms with Gasteiger partial charge in [-0.15, -0.1) is 0 Å². The van der Waals surface area contributed by atoms with Gasteiger partial charge >= 0.3 is 12.1 Å². The maximum Gasteiger partial charge on any atom is 0.407 e. The molecule has 0 spiro atoms. The maximum atomic E-state index is 12.7. The lowest BCUT2D eigenvalue weighted by atomic mass is 9.98. The molecule has 1 aliphatic carbocycles. The Kier molecular flexibility index (Phi) is 8.09. The van der Waals surface area contributed by atoms with Crippen molar-refractivity contribution in [3.63, 3.8) is 0 Å². The van der Waals surface area contributed by atoms with Crippen LogP contribution in [0.2, 0.25) is 0 Å². The highest BCUT2D eigenvalue weighted by molar-refractivity contribution is 5.86. The number of fused-ring (bicyclic) bond motifs is 3. The zero-order valence-electron chi connectivity index (χ0n) is 19.3. The highest BCUT2D eigenvalue weighted by Gasteiger charge is 2.31. The second-order valence-corrected chi connectivity index (χ2v) is 8.52. The maximum absolute atomic E-state index is 12.7. The second-order valence-electron chi connectivity index (χ2n) is 8.52. The second kappa shape index (κ2) is 11.0. The Labute approximate surface area is 194 Å². The average molecular weight is 453 g/mol. The summed E-state index contributed by atoms with van der Waals surface area (Å²) in [6.45, 7) is 5.72. The summed E-state index contributed by atoms with van der Waals surface area (Å²) in [6, 6.07) is 15.4. The number of hydrogen-bond acceptors (Lipinski definition) is 4. The van der Waals surface area contributed by atoms with Crippen molar-refractivity contribution in [3.05, 3.63) is 59.7 Å². The summed E-state index contributed by atoms with van der Waals surface area (Å²) in [5.74, 6) is -2.24. The third kappa shape index (κ3) is 5.53. The van der Waals surface area contributed by atoms with Gasteiger partial charge in [-0.3, -0.25) is 9.59 Å². The molecule has 1 aliphatic rings. The zero-order chi connectivity index (χ0) is 24.0. The number of alkyl carbamates (subject to hydrolysis) is 1. The first-order chi connectivity index (χ1) is 15.9. The van der Waals surface area contributed by atoms with Crippen molar-refractivity contribution in [3.8, 4) is 11.1 Å². The number of carbonyl (C=O) groups excluding carboxylic acids is 2. The van der Waals surface area contributed by atoms with E-state index in [9.17, 15) is 19.5 Å². The van der Waals surface area contributed by atoms with Gasteiger partial charge in [0.2, 0.25) is 5.91 Å². The number of aliphatic carboxylic acids is 1. The first kappa shape index (κ1) is 24.3. The number of nitrogens with one attached hydrogen (secondary N) is 2. The summed E-state index contributed by atoms with van der Waals surface area (Å²) in [5.41, 5.74) is 4.51. The number of carboxylic acids is 1. The van der Waals surface area contributed by atoms with Crippen LogP contribution in [-0.4, -0.2) is 42.3 Å². The van der Waals surface area contributed by atoms with Gasteiger partial charge in [0.1, 0.15) is 12.6 Å². The van der Waals surface area contributed by atoms with Crippen LogP contribution in [0.15, 0.2) is 48.5 Å². The Bertz CT molecular complexity index is 960. The van der Waals surface area contributed by atoms with Gasteiger partial charge in [-0.1, -0.05) is 75.7 Å². The summed E-state index contributed by atoms with van der Waals surface area (Å²) < 4.78 is 5.58. The van der Waals surface area contributed by atoms with E-state index in [4.69, 9.17) is 4.74 Å². The number of ether oxygens (including phenoxy) is 1. The van der Waals surface area contributed by atoms with Crippen LogP contribution >= 0.6 is 0 Å². The minimum atomic E-state index is -0.956. The third-order valence-electron chi connectivity index (χ3n) is 6.48. The molecule has 33 heavy (non-hydrogen) atoms. The SMILES string of the molecule is CCC(CNC(=O)[C@@H](NC(=O)OCC1c2ccccc2-c2ccccc21)C(C)CC)C(=O)O. The van der Waals surface area contributed by atoms with Crippen molar-refractivity contribution in [1.82, 2.24) is 10.6 Å². The number of carboxylic acid groups (broad SMARTS) is 1. The Balaban J connectivity index is 1.64. The van der Waals surface area contributed by atoms with Gasteiger partial charge in [0.25, 0.3) is 0 Å². The molecule has 2 aromatic rings. The van der Waals surface area contributed by atoms with Gasteiger partial charge in [0, 0.05) is 12.5 Å². The summed E-state index contributed by atoms with van der Waals surface area (Å²) >= 11 is 0. The molecule has 0 radical (unpaired) electrons. The van der Waals surface area contributed by atoms with Crippen LogP contribution in [-0.2, 0) is 14.3 Å². The molecule has 3 N–H and O–H groups in total. The summed E-state index contributed by atoms with van der Waals surface area (Å²) in [7, 11) is 0. The minimum absolute atomic E-state index is 0.0178. The normalized spacial score (nSPS) is 15.0. The molecule has 0 saturated carbocycles. The fourth-order valence-corrected chi connectivity index (χ4v) is 4.21. The molecule has 0 fully saturated rings. The summed E-state index contributed by atoms with van der Waals surface area (Å²) in [5, 5.41) is 14.6. The minimum Gasteiger partial charge on any atom is -0.481 e. The van der Waals surface area contributed by atoms with Gasteiger partial charge in [-0.05, 0) is 34.6 Å². The molecule has 3 atom stereocenters. The highest BCUT2D eigenvalue weighted by Crippen LogP contribution is 2.44. The first-order valence-corrected chi connectivity index (χ1v) is 11.5. The Morgan fingerprint density at radius 3 is 2.06 bits per heavy atom. The van der Waals surface area contributed by atoms with Crippen LogP contribution in [0.25, 0.3) is 11.1 Å². The smallest absolute Gasteiger partial charge is 0.407 e. The quantitative estimate of drug-likeness (QED) is 0.502. The molecule has 0 heterocycles. The molecule has 2 aromatic carbocycles. The van der Waals surface area contributed by atoms with Crippen molar-refractivity contribution in [2.24, 2.45) is 11.8 Å². The molecule has 2 amide bonds. The van der Waals surface area contributed by atoms with Crippen LogP contribution in [0.1, 0.15) is 50.7 Å². The van der Waals surface area contributed by atoms with E-state index in [1.165, 1.54) is 0 Å². The van der Waals surface area contributed by atoms with E-state index >= 15 is 0 Å². The molecule has 0 aromatic heterocycles. The summed E-state index contributed by atoms with van der Waals surface area (Å²) in [6.07, 6.45) is 0.406. The lowest BCUT2D eigenvalue weighted by Gasteiger charge is -2.24. The van der Waals surface area contributed by atoms with Crippen molar-refractivity contribution in [2.75, 3.05) is 13.2 Å². The van der Waals surface area contributed by atoms with Crippen molar-refractivity contribution in [2.45, 2.75) is 45.6 Å². The number of hydrogen-bond donors (Lipinski definition) is 3. The third-order valence-corrected chi connectivity index (χ3v) is 6.48. The van der Waals surface area contributed by atoms with Gasteiger partial charge in [-0.2, -0.15) is 0 Å². The Morgan fingerprint density at radius 2 is 1.55 bits per heavy atom. The molecular formula is C26H32N2O5. The molecule has 7 heteroatoms. The van der Waals surface area contributed by atoms with Crippen LogP contribution < -0.4 is 10.6 Å². The van der Waals surface area contributed by atoms with E-state index in [2.05, 4.69) is 22.8 Å². The van der Waals surface area contributed by atoms with Gasteiger partial charge in [0.05, 0.1) is 5.92 Å². The molecule has 0 saturated heterocycles. The molecule has 0 aliphatic heterocycles. The Hall–Kier alpha value is -3.35. The molecule has 2 unspecified atom stereocenters. The number of amides is 2. The first-order valence-electron chi connectivity index (χ1n) is 11.5. The number of rotatable bonds is 10. The van der Waals surface area contributed by atoms with E-state index in [-0.39, 0.29) is 25.0 Å². The van der Waals surface area contributed by atoms with Crippen LogP contribution in [0.4, 0.5) is 4.79 Å². The summed E-state index contributed by atoms with van der Waals surface area (Å²) in [4.78, 5) is 36.6. The Morgan fingerprint density at radius 1 is 0.970 bits per heavy atom. The molecule has 3 rings (SSSR count). The number of benzene rings is 2.